The Morgan fingerprint density at radius 2 is 2.05 bits per heavy atom. The van der Waals surface area contributed by atoms with Gasteiger partial charge in [-0.3, -0.25) is 0 Å². The van der Waals surface area contributed by atoms with E-state index in [-0.39, 0.29) is 23.2 Å². The number of halogens is 1. The lowest BCUT2D eigenvalue weighted by Gasteiger charge is -2.13. The highest BCUT2D eigenvalue weighted by atomic mass is 35.5. The highest BCUT2D eigenvalue weighted by molar-refractivity contribution is 7.89. The second-order valence-corrected chi connectivity index (χ2v) is 7.46. The highest BCUT2D eigenvalue weighted by Crippen LogP contribution is 2.26. The van der Waals surface area contributed by atoms with Gasteiger partial charge >= 0.3 is 0 Å². The Kier molecular flexibility index (Phi) is 5.48. The third kappa shape index (κ3) is 4.32. The van der Waals surface area contributed by atoms with Gasteiger partial charge in [0.05, 0.1) is 28.3 Å². The molecule has 1 saturated carbocycles. The van der Waals surface area contributed by atoms with Crippen LogP contribution < -0.4 is 10.5 Å². The summed E-state index contributed by atoms with van der Waals surface area (Å²) in [6.07, 6.45) is 4.81. The summed E-state index contributed by atoms with van der Waals surface area (Å²) in [5.41, 5.74) is 6.50. The fraction of sp³-hybridized carbons (Fsp3) is 0.571. The maximum atomic E-state index is 12.2. The van der Waals surface area contributed by atoms with E-state index in [1.165, 1.54) is 18.9 Å². The van der Waals surface area contributed by atoms with E-state index >= 15 is 0 Å². The van der Waals surface area contributed by atoms with E-state index in [0.29, 0.717) is 17.2 Å². The van der Waals surface area contributed by atoms with E-state index in [2.05, 4.69) is 4.72 Å². The smallest absolute Gasteiger partial charge is 0.240 e. The van der Waals surface area contributed by atoms with Crippen molar-refractivity contribution in [3.8, 4) is 0 Å². The van der Waals surface area contributed by atoms with Gasteiger partial charge in [0, 0.05) is 6.54 Å². The molecule has 2 rings (SSSR count). The molecule has 0 amide bonds. The third-order valence-corrected chi connectivity index (χ3v) is 5.56. The molecule has 0 unspecified atom stereocenters. The van der Waals surface area contributed by atoms with Crippen LogP contribution in [0.15, 0.2) is 17.0 Å². The van der Waals surface area contributed by atoms with Crippen molar-refractivity contribution in [2.24, 2.45) is 0 Å². The van der Waals surface area contributed by atoms with Crippen molar-refractivity contribution in [3.05, 3.63) is 22.7 Å². The Hall–Kier alpha value is -0.820. The molecule has 0 spiro atoms. The molecule has 0 bridgehead atoms. The maximum Gasteiger partial charge on any atom is 0.240 e. The van der Waals surface area contributed by atoms with E-state index in [1.807, 2.05) is 0 Å². The minimum Gasteiger partial charge on any atom is -0.397 e. The molecule has 1 aromatic carbocycles. The number of nitrogens with one attached hydrogen (secondary N) is 1. The number of nitrogen functional groups attached to an aromatic ring is 1. The number of aryl methyl sites for hydroxylation is 1. The van der Waals surface area contributed by atoms with Gasteiger partial charge in [-0.2, -0.15) is 0 Å². The van der Waals surface area contributed by atoms with Crippen LogP contribution in [0, 0.1) is 6.92 Å². The number of anilines is 1. The minimum atomic E-state index is -3.59. The molecule has 1 aliphatic carbocycles. The Bertz CT molecular complexity index is 598. The topological polar surface area (TPSA) is 81.4 Å². The SMILES string of the molecule is Cc1cc(Cl)c(N)cc1S(=O)(=O)NCCOC1CCCC1. The number of nitrogens with two attached hydrogens (primary N) is 1. The highest BCUT2D eigenvalue weighted by Gasteiger charge is 2.19. The van der Waals surface area contributed by atoms with Crippen LogP contribution in [0.25, 0.3) is 0 Å². The summed E-state index contributed by atoms with van der Waals surface area (Å²) < 4.78 is 32.7. The van der Waals surface area contributed by atoms with Gasteiger partial charge < -0.3 is 10.5 Å². The summed E-state index contributed by atoms with van der Waals surface area (Å²) in [4.78, 5) is 0.158. The first-order valence-corrected chi connectivity index (χ1v) is 8.93. The van der Waals surface area contributed by atoms with Gasteiger partial charge in [0.1, 0.15) is 0 Å². The quantitative estimate of drug-likeness (QED) is 0.619. The first-order chi connectivity index (χ1) is 9.90. The molecule has 1 fully saturated rings. The molecule has 1 aliphatic rings. The number of ether oxygens (including phenoxy) is 1. The molecule has 21 heavy (non-hydrogen) atoms. The average molecular weight is 333 g/mol. The maximum absolute atomic E-state index is 12.2. The second-order valence-electron chi connectivity index (χ2n) is 5.31. The molecule has 1 aromatic rings. The number of rotatable bonds is 6. The van der Waals surface area contributed by atoms with Crippen LogP contribution >= 0.6 is 11.6 Å². The molecular formula is C14H21ClN2O3S. The number of hydrogen-bond acceptors (Lipinski definition) is 4. The number of hydrogen-bond donors (Lipinski definition) is 2. The van der Waals surface area contributed by atoms with Crippen molar-refractivity contribution in [1.29, 1.82) is 0 Å². The zero-order valence-corrected chi connectivity index (χ0v) is 13.6. The van der Waals surface area contributed by atoms with E-state index in [0.717, 1.165) is 12.8 Å². The fourth-order valence-corrected chi connectivity index (χ4v) is 3.98. The van der Waals surface area contributed by atoms with Gasteiger partial charge in [0.25, 0.3) is 0 Å². The van der Waals surface area contributed by atoms with Crippen molar-refractivity contribution in [1.82, 2.24) is 4.72 Å². The summed E-state index contributed by atoms with van der Waals surface area (Å²) in [6, 6.07) is 2.94. The van der Waals surface area contributed by atoms with Crippen molar-refractivity contribution in [2.75, 3.05) is 18.9 Å². The molecule has 0 aromatic heterocycles. The zero-order valence-electron chi connectivity index (χ0n) is 12.1. The van der Waals surface area contributed by atoms with Crippen LogP contribution in [-0.2, 0) is 14.8 Å². The predicted octanol–water partition coefficient (Wildman–Crippen LogP) is 2.47. The first kappa shape index (κ1) is 16.5. The number of sulfonamides is 1. The van der Waals surface area contributed by atoms with Crippen LogP contribution in [-0.4, -0.2) is 27.7 Å². The van der Waals surface area contributed by atoms with Crippen LogP contribution in [0.4, 0.5) is 5.69 Å². The van der Waals surface area contributed by atoms with Crippen molar-refractivity contribution < 1.29 is 13.2 Å². The lowest BCUT2D eigenvalue weighted by Crippen LogP contribution is -2.29. The van der Waals surface area contributed by atoms with Gasteiger partial charge in [-0.25, -0.2) is 13.1 Å². The van der Waals surface area contributed by atoms with Gasteiger partial charge in [-0.1, -0.05) is 24.4 Å². The molecule has 7 heteroatoms. The van der Waals surface area contributed by atoms with Gasteiger partial charge in [0.15, 0.2) is 0 Å². The second kappa shape index (κ2) is 6.96. The summed E-state index contributed by atoms with van der Waals surface area (Å²) in [7, 11) is -3.59. The lowest BCUT2D eigenvalue weighted by atomic mass is 10.2. The summed E-state index contributed by atoms with van der Waals surface area (Å²) in [5, 5.41) is 0.357. The standard InChI is InChI=1S/C14H21ClN2O3S/c1-10-8-12(15)13(16)9-14(10)21(18,19)17-6-7-20-11-4-2-3-5-11/h8-9,11,17H,2-7,16H2,1H3. The molecule has 5 nitrogen and oxygen atoms in total. The first-order valence-electron chi connectivity index (χ1n) is 7.07. The van der Waals surface area contributed by atoms with E-state index in [1.54, 1.807) is 13.0 Å². The summed E-state index contributed by atoms with van der Waals surface area (Å²) in [6.45, 7) is 2.32. The Labute approximate surface area is 130 Å². The largest absolute Gasteiger partial charge is 0.397 e. The van der Waals surface area contributed by atoms with Gasteiger partial charge in [-0.05, 0) is 37.5 Å². The fourth-order valence-electron chi connectivity index (χ4n) is 2.49. The summed E-state index contributed by atoms with van der Waals surface area (Å²) >= 11 is 5.88. The zero-order chi connectivity index (χ0) is 15.5. The van der Waals surface area contributed by atoms with Gasteiger partial charge in [0.2, 0.25) is 10.0 Å². The minimum absolute atomic E-state index is 0.158. The van der Waals surface area contributed by atoms with Crippen LogP contribution in [0.3, 0.4) is 0 Å². The molecule has 118 valence electrons. The molecule has 0 radical (unpaired) electrons. The summed E-state index contributed by atoms with van der Waals surface area (Å²) in [5.74, 6) is 0. The van der Waals surface area contributed by atoms with Crippen LogP contribution in [0.2, 0.25) is 5.02 Å². The molecule has 0 saturated heterocycles. The third-order valence-electron chi connectivity index (χ3n) is 3.63. The number of benzene rings is 1. The Balaban J connectivity index is 1.93. The lowest BCUT2D eigenvalue weighted by molar-refractivity contribution is 0.0626. The Morgan fingerprint density at radius 1 is 1.38 bits per heavy atom. The average Bonchev–Trinajstić information content (AvgIpc) is 2.92. The monoisotopic (exact) mass is 332 g/mol. The van der Waals surface area contributed by atoms with Crippen molar-refractivity contribution in [3.63, 3.8) is 0 Å². The molecule has 3 N–H and O–H groups in total. The van der Waals surface area contributed by atoms with Crippen molar-refractivity contribution in [2.45, 2.75) is 43.6 Å². The van der Waals surface area contributed by atoms with E-state index < -0.39 is 10.0 Å². The van der Waals surface area contributed by atoms with Crippen molar-refractivity contribution >= 4 is 27.3 Å². The molecular weight excluding hydrogens is 312 g/mol. The predicted molar refractivity (Wildman–Crippen MR) is 84.0 cm³/mol. The van der Waals surface area contributed by atoms with E-state index in [4.69, 9.17) is 22.1 Å². The molecule has 0 atom stereocenters. The van der Waals surface area contributed by atoms with Crippen LogP contribution in [0.1, 0.15) is 31.2 Å². The van der Waals surface area contributed by atoms with Crippen LogP contribution in [0.5, 0.6) is 0 Å². The molecule has 0 heterocycles. The van der Waals surface area contributed by atoms with Gasteiger partial charge in [-0.15, -0.1) is 0 Å². The molecule has 0 aliphatic heterocycles. The van der Waals surface area contributed by atoms with E-state index in [9.17, 15) is 8.42 Å². The normalized spacial score (nSPS) is 16.5. The Morgan fingerprint density at radius 3 is 2.71 bits per heavy atom.